The molecule has 5 heteroatoms. The third kappa shape index (κ3) is 3.48. The highest BCUT2D eigenvalue weighted by Gasteiger charge is 2.42. The smallest absolute Gasteiger partial charge is 0.412 e. The lowest BCUT2D eigenvalue weighted by molar-refractivity contribution is -0.0649. The van der Waals surface area contributed by atoms with Gasteiger partial charge < -0.3 is 9.47 Å². The van der Waals surface area contributed by atoms with Crippen molar-refractivity contribution in [3.8, 4) is 0 Å². The van der Waals surface area contributed by atoms with Crippen LogP contribution >= 0.6 is 15.9 Å². The van der Waals surface area contributed by atoms with Gasteiger partial charge in [-0.1, -0.05) is 46.3 Å². The van der Waals surface area contributed by atoms with Gasteiger partial charge in [0.2, 0.25) is 0 Å². The minimum Gasteiger partial charge on any atom is -0.444 e. The van der Waals surface area contributed by atoms with Gasteiger partial charge in [-0.15, -0.1) is 0 Å². The molecule has 1 aliphatic heterocycles. The fourth-order valence-corrected chi connectivity index (χ4v) is 2.44. The highest BCUT2D eigenvalue weighted by Crippen LogP contribution is 2.28. The second kappa shape index (κ2) is 5.92. The molecule has 2 rings (SSSR count). The molecule has 0 radical (unpaired) electrons. The maximum absolute atomic E-state index is 12.1. The van der Waals surface area contributed by atoms with Crippen LogP contribution in [-0.4, -0.2) is 34.7 Å². The molecule has 0 aromatic heterocycles. The summed E-state index contributed by atoms with van der Waals surface area (Å²) in [5.74, 6) is 0. The summed E-state index contributed by atoms with van der Waals surface area (Å²) in [6.07, 6.45) is -0.323. The molecule has 1 aromatic rings. The summed E-state index contributed by atoms with van der Waals surface area (Å²) in [5, 5.41) is 0.707. The SMILES string of the molecule is CC1(C)O[C@H](CBr)CN1C(=O)OCc1ccccc1. The van der Waals surface area contributed by atoms with Crippen molar-refractivity contribution < 1.29 is 14.3 Å². The molecule has 1 heterocycles. The third-order valence-corrected chi connectivity index (χ3v) is 3.81. The standard InChI is InChI=1S/C14H18BrNO3/c1-14(2)16(9-12(8-15)19-14)13(17)18-10-11-6-4-3-5-7-11/h3-7,12H,8-10H2,1-2H3/t12-/m1/s1. The molecule has 104 valence electrons. The van der Waals surface area contributed by atoms with E-state index in [2.05, 4.69) is 15.9 Å². The summed E-state index contributed by atoms with van der Waals surface area (Å²) in [6, 6.07) is 9.64. The Morgan fingerprint density at radius 1 is 1.47 bits per heavy atom. The maximum Gasteiger partial charge on any atom is 0.412 e. The van der Waals surface area contributed by atoms with Crippen molar-refractivity contribution in [3.05, 3.63) is 35.9 Å². The normalized spacial score (nSPS) is 21.4. The Morgan fingerprint density at radius 3 is 2.74 bits per heavy atom. The Hall–Kier alpha value is -1.07. The Morgan fingerprint density at radius 2 is 2.16 bits per heavy atom. The van der Waals surface area contributed by atoms with Gasteiger partial charge in [0.15, 0.2) is 0 Å². The molecule has 1 aromatic carbocycles. The topological polar surface area (TPSA) is 38.8 Å². The number of carbonyl (C=O) groups is 1. The number of ether oxygens (including phenoxy) is 2. The molecule has 4 nitrogen and oxygen atoms in total. The Balaban J connectivity index is 1.93. The van der Waals surface area contributed by atoms with E-state index in [4.69, 9.17) is 9.47 Å². The Bertz CT molecular complexity index is 436. The minimum absolute atomic E-state index is 0.0132. The quantitative estimate of drug-likeness (QED) is 0.800. The van der Waals surface area contributed by atoms with Crippen LogP contribution < -0.4 is 0 Å². The van der Waals surface area contributed by atoms with Gasteiger partial charge in [0.25, 0.3) is 0 Å². The van der Waals surface area contributed by atoms with Crippen molar-refractivity contribution in [2.24, 2.45) is 0 Å². The molecule has 0 spiro atoms. The van der Waals surface area contributed by atoms with E-state index in [1.165, 1.54) is 0 Å². The van der Waals surface area contributed by atoms with Crippen LogP contribution in [0.3, 0.4) is 0 Å². The number of carbonyl (C=O) groups excluding carboxylic acids is 1. The van der Waals surface area contributed by atoms with E-state index in [-0.39, 0.29) is 18.8 Å². The fourth-order valence-electron chi connectivity index (χ4n) is 2.10. The molecule has 1 atom stereocenters. The highest BCUT2D eigenvalue weighted by atomic mass is 79.9. The third-order valence-electron chi connectivity index (χ3n) is 3.09. The number of rotatable bonds is 3. The lowest BCUT2D eigenvalue weighted by Gasteiger charge is -2.28. The molecule has 0 bridgehead atoms. The van der Waals surface area contributed by atoms with Crippen LogP contribution in [0.1, 0.15) is 19.4 Å². The number of halogens is 1. The molecule has 0 aliphatic carbocycles. The summed E-state index contributed by atoms with van der Waals surface area (Å²) in [5.41, 5.74) is 0.359. The molecule has 1 amide bonds. The van der Waals surface area contributed by atoms with Gasteiger partial charge in [0.1, 0.15) is 12.3 Å². The average molecular weight is 328 g/mol. The zero-order valence-electron chi connectivity index (χ0n) is 11.1. The Labute approximate surface area is 121 Å². The van der Waals surface area contributed by atoms with Gasteiger partial charge in [-0.2, -0.15) is 0 Å². The first-order valence-corrected chi connectivity index (χ1v) is 7.37. The molecular weight excluding hydrogens is 310 g/mol. The van der Waals surface area contributed by atoms with Crippen LogP contribution in [0, 0.1) is 0 Å². The fraction of sp³-hybridized carbons (Fsp3) is 0.500. The predicted octanol–water partition coefficient (Wildman–Crippen LogP) is 3.16. The maximum atomic E-state index is 12.1. The molecule has 0 unspecified atom stereocenters. The van der Waals surface area contributed by atoms with Crippen LogP contribution in [0.2, 0.25) is 0 Å². The van der Waals surface area contributed by atoms with Gasteiger partial charge in [-0.05, 0) is 19.4 Å². The van der Waals surface area contributed by atoms with Crippen LogP contribution in [0.5, 0.6) is 0 Å². The first-order valence-electron chi connectivity index (χ1n) is 6.25. The molecule has 1 saturated heterocycles. The molecule has 1 fully saturated rings. The van der Waals surface area contributed by atoms with Crippen LogP contribution in [0.15, 0.2) is 30.3 Å². The van der Waals surface area contributed by atoms with E-state index in [0.717, 1.165) is 5.56 Å². The monoisotopic (exact) mass is 327 g/mol. The minimum atomic E-state index is -0.619. The second-order valence-electron chi connectivity index (χ2n) is 4.99. The zero-order valence-corrected chi connectivity index (χ0v) is 12.7. The summed E-state index contributed by atoms with van der Waals surface area (Å²) in [4.78, 5) is 13.7. The summed E-state index contributed by atoms with van der Waals surface area (Å²) >= 11 is 3.38. The first kappa shape index (κ1) is 14.3. The van der Waals surface area contributed by atoms with E-state index in [1.54, 1.807) is 4.90 Å². The summed E-state index contributed by atoms with van der Waals surface area (Å²) in [6.45, 7) is 4.58. The number of hydrogen-bond donors (Lipinski definition) is 0. The lowest BCUT2D eigenvalue weighted by Crippen LogP contribution is -2.43. The molecule has 0 N–H and O–H groups in total. The van der Waals surface area contributed by atoms with Crippen molar-refractivity contribution in [2.75, 3.05) is 11.9 Å². The van der Waals surface area contributed by atoms with Gasteiger partial charge in [-0.3, -0.25) is 4.90 Å². The van der Waals surface area contributed by atoms with E-state index >= 15 is 0 Å². The van der Waals surface area contributed by atoms with E-state index in [0.29, 0.717) is 11.9 Å². The van der Waals surface area contributed by atoms with Crippen molar-refractivity contribution in [1.82, 2.24) is 4.90 Å². The number of nitrogens with zero attached hydrogens (tertiary/aromatic N) is 1. The zero-order chi connectivity index (χ0) is 13.9. The van der Waals surface area contributed by atoms with Crippen molar-refractivity contribution >= 4 is 22.0 Å². The lowest BCUT2D eigenvalue weighted by atomic mass is 10.2. The molecular formula is C14H18BrNO3. The number of alkyl halides is 1. The number of benzene rings is 1. The van der Waals surface area contributed by atoms with Gasteiger partial charge >= 0.3 is 6.09 Å². The van der Waals surface area contributed by atoms with E-state index in [9.17, 15) is 4.79 Å². The van der Waals surface area contributed by atoms with Gasteiger partial charge in [0, 0.05) is 5.33 Å². The van der Waals surface area contributed by atoms with E-state index in [1.807, 2.05) is 44.2 Å². The highest BCUT2D eigenvalue weighted by molar-refractivity contribution is 9.09. The summed E-state index contributed by atoms with van der Waals surface area (Å²) in [7, 11) is 0. The molecule has 1 aliphatic rings. The molecule has 0 saturated carbocycles. The largest absolute Gasteiger partial charge is 0.444 e. The average Bonchev–Trinajstić information content (AvgIpc) is 2.72. The van der Waals surface area contributed by atoms with Crippen molar-refractivity contribution in [1.29, 1.82) is 0 Å². The van der Waals surface area contributed by atoms with Gasteiger partial charge in [0.05, 0.1) is 12.6 Å². The van der Waals surface area contributed by atoms with Crippen LogP contribution in [-0.2, 0) is 16.1 Å². The van der Waals surface area contributed by atoms with Crippen molar-refractivity contribution in [3.63, 3.8) is 0 Å². The summed E-state index contributed by atoms with van der Waals surface area (Å²) < 4.78 is 11.1. The van der Waals surface area contributed by atoms with Gasteiger partial charge in [-0.25, -0.2) is 4.79 Å². The number of hydrogen-bond acceptors (Lipinski definition) is 3. The van der Waals surface area contributed by atoms with Crippen molar-refractivity contribution in [2.45, 2.75) is 32.3 Å². The number of amides is 1. The van der Waals surface area contributed by atoms with E-state index < -0.39 is 5.72 Å². The Kier molecular flexibility index (Phi) is 4.47. The first-order chi connectivity index (χ1) is 9.03. The second-order valence-corrected chi connectivity index (χ2v) is 5.64. The molecule has 19 heavy (non-hydrogen) atoms. The predicted molar refractivity (Wildman–Crippen MR) is 76.1 cm³/mol. The van der Waals surface area contributed by atoms with Crippen LogP contribution in [0.4, 0.5) is 4.79 Å². The van der Waals surface area contributed by atoms with Crippen LogP contribution in [0.25, 0.3) is 0 Å².